The van der Waals surface area contributed by atoms with Gasteiger partial charge in [-0.25, -0.2) is 0 Å². The van der Waals surface area contributed by atoms with Gasteiger partial charge in [-0.2, -0.15) is 0 Å². The minimum atomic E-state index is -0.470. The van der Waals surface area contributed by atoms with Gasteiger partial charge in [-0.05, 0) is 23.1 Å². The molecule has 0 atom stereocenters. The van der Waals surface area contributed by atoms with Gasteiger partial charge < -0.3 is 9.64 Å². The number of carbonyl (C=O) groups is 2. The van der Waals surface area contributed by atoms with Crippen LogP contribution in [0.4, 0.5) is 0 Å². The number of benzene rings is 1. The molecule has 0 N–H and O–H groups in total. The maximum atomic E-state index is 11.5. The van der Waals surface area contributed by atoms with E-state index in [1.165, 1.54) is 11.8 Å². The van der Waals surface area contributed by atoms with Crippen molar-refractivity contribution in [3.8, 4) is 5.75 Å². The maximum absolute atomic E-state index is 11.5. The van der Waals surface area contributed by atoms with E-state index in [4.69, 9.17) is 4.74 Å². The van der Waals surface area contributed by atoms with E-state index in [1.807, 2.05) is 18.2 Å². The number of Topliss-reactive ketones (excluding diaryl/α,β-unsaturated/α-hetero) is 1. The molecule has 0 spiro atoms. The van der Waals surface area contributed by atoms with Crippen molar-refractivity contribution >= 4 is 11.7 Å². The van der Waals surface area contributed by atoms with E-state index in [0.29, 0.717) is 12.5 Å². The maximum Gasteiger partial charge on any atom is 0.289 e. The monoisotopic (exact) mass is 263 g/mol. The normalized spacial score (nSPS) is 10.4. The van der Waals surface area contributed by atoms with Crippen LogP contribution in [0.2, 0.25) is 0 Å². The van der Waals surface area contributed by atoms with E-state index >= 15 is 0 Å². The van der Waals surface area contributed by atoms with Crippen molar-refractivity contribution in [2.24, 2.45) is 0 Å². The number of carbonyl (C=O) groups excluding carboxylic acids is 2. The molecule has 0 bridgehead atoms. The largest absolute Gasteiger partial charge is 0.496 e. The lowest BCUT2D eigenvalue weighted by Gasteiger charge is -2.18. The standard InChI is InChI=1S/C15H21NO3/c1-10(2)13-8-12(6-7-14(13)19-5)9-16(4)15(18)11(3)17/h6-8,10H,9H2,1-5H3. The number of hydrogen-bond acceptors (Lipinski definition) is 3. The van der Waals surface area contributed by atoms with E-state index in [-0.39, 0.29) is 0 Å². The Morgan fingerprint density at radius 3 is 2.42 bits per heavy atom. The summed E-state index contributed by atoms with van der Waals surface area (Å²) in [6, 6.07) is 5.83. The molecule has 4 nitrogen and oxygen atoms in total. The number of methoxy groups -OCH3 is 1. The van der Waals surface area contributed by atoms with Crippen molar-refractivity contribution in [3.63, 3.8) is 0 Å². The van der Waals surface area contributed by atoms with E-state index in [9.17, 15) is 9.59 Å². The Bertz CT molecular complexity index is 480. The number of amides is 1. The fourth-order valence-corrected chi connectivity index (χ4v) is 1.95. The highest BCUT2D eigenvalue weighted by Gasteiger charge is 2.15. The molecular weight excluding hydrogens is 242 g/mol. The number of ketones is 1. The Morgan fingerprint density at radius 2 is 1.95 bits per heavy atom. The second kappa shape index (κ2) is 6.36. The van der Waals surface area contributed by atoms with Crippen LogP contribution >= 0.6 is 0 Å². The molecule has 0 unspecified atom stereocenters. The molecule has 1 rings (SSSR count). The van der Waals surface area contributed by atoms with Gasteiger partial charge in [0.15, 0.2) is 0 Å². The van der Waals surface area contributed by atoms with Gasteiger partial charge in [0.05, 0.1) is 7.11 Å². The molecule has 0 radical (unpaired) electrons. The molecular formula is C15H21NO3. The van der Waals surface area contributed by atoms with Crippen LogP contribution in [0.3, 0.4) is 0 Å². The third kappa shape index (κ3) is 3.81. The Hall–Kier alpha value is -1.84. The molecule has 0 fully saturated rings. The minimum Gasteiger partial charge on any atom is -0.496 e. The van der Waals surface area contributed by atoms with E-state index in [0.717, 1.165) is 16.9 Å². The third-order valence-corrected chi connectivity index (χ3v) is 2.98. The van der Waals surface area contributed by atoms with E-state index < -0.39 is 11.7 Å². The van der Waals surface area contributed by atoms with Crippen LogP contribution in [-0.4, -0.2) is 30.7 Å². The summed E-state index contributed by atoms with van der Waals surface area (Å²) in [6.07, 6.45) is 0. The van der Waals surface area contributed by atoms with Crippen LogP contribution in [-0.2, 0) is 16.1 Å². The van der Waals surface area contributed by atoms with Gasteiger partial charge in [-0.1, -0.05) is 26.0 Å². The molecule has 4 heteroatoms. The summed E-state index contributed by atoms with van der Waals surface area (Å²) in [5.41, 5.74) is 2.09. The molecule has 0 heterocycles. The molecule has 0 aliphatic rings. The quantitative estimate of drug-likeness (QED) is 0.766. The molecule has 0 saturated carbocycles. The average molecular weight is 263 g/mol. The first-order chi connectivity index (χ1) is 8.86. The lowest BCUT2D eigenvalue weighted by molar-refractivity contribution is -0.143. The summed E-state index contributed by atoms with van der Waals surface area (Å²) in [4.78, 5) is 24.0. The van der Waals surface area contributed by atoms with Crippen LogP contribution in [0.25, 0.3) is 0 Å². The van der Waals surface area contributed by atoms with Gasteiger partial charge in [-0.15, -0.1) is 0 Å². The molecule has 0 aliphatic heterocycles. The molecule has 104 valence electrons. The predicted molar refractivity (Wildman–Crippen MR) is 74.2 cm³/mol. The van der Waals surface area contributed by atoms with Crippen molar-refractivity contribution < 1.29 is 14.3 Å². The summed E-state index contributed by atoms with van der Waals surface area (Å²) in [5, 5.41) is 0. The van der Waals surface area contributed by atoms with Crippen LogP contribution in [0.5, 0.6) is 5.75 Å². The van der Waals surface area contributed by atoms with Crippen molar-refractivity contribution in [1.82, 2.24) is 4.90 Å². The molecule has 1 aromatic carbocycles. The Morgan fingerprint density at radius 1 is 1.32 bits per heavy atom. The second-order valence-electron chi connectivity index (χ2n) is 4.95. The van der Waals surface area contributed by atoms with E-state index in [2.05, 4.69) is 13.8 Å². The summed E-state index contributed by atoms with van der Waals surface area (Å²) >= 11 is 0. The molecule has 0 saturated heterocycles. The second-order valence-corrected chi connectivity index (χ2v) is 4.95. The fourth-order valence-electron chi connectivity index (χ4n) is 1.95. The van der Waals surface area contributed by atoms with Crippen LogP contribution in [0.15, 0.2) is 18.2 Å². The van der Waals surface area contributed by atoms with Gasteiger partial charge in [0.25, 0.3) is 5.91 Å². The Balaban J connectivity index is 2.94. The zero-order valence-electron chi connectivity index (χ0n) is 12.2. The summed E-state index contributed by atoms with van der Waals surface area (Å²) in [5.74, 6) is 0.269. The fraction of sp³-hybridized carbons (Fsp3) is 0.467. The van der Waals surface area contributed by atoms with Crippen molar-refractivity contribution in [2.75, 3.05) is 14.2 Å². The summed E-state index contributed by atoms with van der Waals surface area (Å²) < 4.78 is 5.32. The molecule has 1 aromatic rings. The molecule has 0 aliphatic carbocycles. The van der Waals surface area contributed by atoms with Crippen molar-refractivity contribution in [1.29, 1.82) is 0 Å². The zero-order chi connectivity index (χ0) is 14.6. The zero-order valence-corrected chi connectivity index (χ0v) is 12.2. The van der Waals surface area contributed by atoms with E-state index in [1.54, 1.807) is 14.2 Å². The predicted octanol–water partition coefficient (Wildman–Crippen LogP) is 2.37. The topological polar surface area (TPSA) is 46.6 Å². The lowest BCUT2D eigenvalue weighted by atomic mass is 9.99. The SMILES string of the molecule is COc1ccc(CN(C)C(=O)C(C)=O)cc1C(C)C. The number of rotatable bonds is 5. The number of ether oxygens (including phenoxy) is 1. The van der Waals surface area contributed by atoms with Crippen molar-refractivity contribution in [3.05, 3.63) is 29.3 Å². The number of likely N-dealkylation sites (N-methyl/N-ethyl adjacent to an activating group) is 1. The summed E-state index contributed by atoms with van der Waals surface area (Å²) in [6.45, 7) is 5.88. The first kappa shape index (κ1) is 15.2. The Labute approximate surface area is 114 Å². The first-order valence-electron chi connectivity index (χ1n) is 6.29. The molecule has 19 heavy (non-hydrogen) atoms. The smallest absolute Gasteiger partial charge is 0.289 e. The van der Waals surface area contributed by atoms with Gasteiger partial charge in [0.2, 0.25) is 5.78 Å². The van der Waals surface area contributed by atoms with Crippen LogP contribution < -0.4 is 4.74 Å². The van der Waals surface area contributed by atoms with Gasteiger partial charge in [0.1, 0.15) is 5.75 Å². The minimum absolute atomic E-state index is 0.337. The van der Waals surface area contributed by atoms with Crippen LogP contribution in [0.1, 0.15) is 37.8 Å². The highest BCUT2D eigenvalue weighted by Crippen LogP contribution is 2.27. The number of hydrogen-bond donors (Lipinski definition) is 0. The van der Waals surface area contributed by atoms with Crippen LogP contribution in [0, 0.1) is 0 Å². The van der Waals surface area contributed by atoms with Gasteiger partial charge >= 0.3 is 0 Å². The van der Waals surface area contributed by atoms with Gasteiger partial charge in [0, 0.05) is 20.5 Å². The first-order valence-corrected chi connectivity index (χ1v) is 6.29. The highest BCUT2D eigenvalue weighted by atomic mass is 16.5. The van der Waals surface area contributed by atoms with Crippen molar-refractivity contribution in [2.45, 2.75) is 33.2 Å². The molecule has 1 amide bonds. The van der Waals surface area contributed by atoms with Gasteiger partial charge in [-0.3, -0.25) is 9.59 Å². The molecule has 0 aromatic heterocycles. The summed E-state index contributed by atoms with van der Waals surface area (Å²) in [7, 11) is 3.27. The lowest BCUT2D eigenvalue weighted by Crippen LogP contribution is -2.31. The Kier molecular flexibility index (Phi) is 5.10. The average Bonchev–Trinajstić information content (AvgIpc) is 2.37. The number of nitrogens with zero attached hydrogens (tertiary/aromatic N) is 1. The third-order valence-electron chi connectivity index (χ3n) is 2.98. The highest BCUT2D eigenvalue weighted by molar-refractivity contribution is 6.34.